The minimum absolute atomic E-state index is 0.195. The van der Waals surface area contributed by atoms with Gasteiger partial charge < -0.3 is 10.2 Å². The maximum absolute atomic E-state index is 12.0. The van der Waals surface area contributed by atoms with Crippen LogP contribution in [-0.4, -0.2) is 28.7 Å². The molecule has 0 rings (SSSR count). The van der Waals surface area contributed by atoms with Gasteiger partial charge >= 0.3 is 11.9 Å². The van der Waals surface area contributed by atoms with Gasteiger partial charge in [-0.05, 0) is 6.42 Å². The molecule has 0 aliphatic rings. The van der Waals surface area contributed by atoms with Crippen LogP contribution in [0.3, 0.4) is 0 Å². The molecule has 10 heavy (non-hydrogen) atoms. The number of carboxylic acids is 1. The van der Waals surface area contributed by atoms with E-state index in [1.165, 1.54) is 0 Å². The maximum atomic E-state index is 12.0. The molecule has 0 spiro atoms. The fourth-order valence-electron chi connectivity index (χ4n) is 0.408. The van der Waals surface area contributed by atoms with E-state index < -0.39 is 24.9 Å². The van der Waals surface area contributed by atoms with E-state index in [0.29, 0.717) is 0 Å². The summed E-state index contributed by atoms with van der Waals surface area (Å²) in [6.07, 6.45) is -1.00. The van der Waals surface area contributed by atoms with Gasteiger partial charge in [0.15, 0.2) is 0 Å². The lowest BCUT2D eigenvalue weighted by atomic mass is 10.2. The minimum atomic E-state index is -3.69. The summed E-state index contributed by atoms with van der Waals surface area (Å²) in [5.41, 5.74) is 0. The summed E-state index contributed by atoms with van der Waals surface area (Å²) in [5, 5.41) is 15.9. The van der Waals surface area contributed by atoms with Crippen molar-refractivity contribution in [2.75, 3.05) is 6.61 Å². The lowest BCUT2D eigenvalue weighted by molar-refractivity contribution is -0.166. The Morgan fingerprint density at radius 1 is 1.50 bits per heavy atom. The lowest BCUT2D eigenvalue weighted by Crippen LogP contribution is -2.28. The predicted molar refractivity (Wildman–Crippen MR) is 28.9 cm³/mol. The van der Waals surface area contributed by atoms with Gasteiger partial charge in [0.05, 0.1) is 0 Å². The zero-order valence-electron chi connectivity index (χ0n) is 5.18. The molecule has 2 N–H and O–H groups in total. The quantitative estimate of drug-likeness (QED) is 0.619. The highest BCUT2D eigenvalue weighted by Gasteiger charge is 2.37. The van der Waals surface area contributed by atoms with E-state index in [1.54, 1.807) is 0 Å². The number of carbonyl (C=O) groups is 1. The maximum Gasteiger partial charge on any atom is 0.374 e. The summed E-state index contributed by atoms with van der Waals surface area (Å²) < 4.78 is 24.0. The molecule has 0 aliphatic carbocycles. The predicted octanol–water partition coefficient (Wildman–Crippen LogP) is 0.479. The van der Waals surface area contributed by atoms with Crippen molar-refractivity contribution in [2.45, 2.75) is 18.8 Å². The Balaban J connectivity index is 3.75. The number of halogens is 2. The molecule has 3 nitrogen and oxygen atoms in total. The van der Waals surface area contributed by atoms with E-state index in [9.17, 15) is 13.6 Å². The first-order chi connectivity index (χ1) is 4.50. The number of hydrogen-bond acceptors (Lipinski definition) is 2. The first kappa shape index (κ1) is 9.29. The molecule has 0 bridgehead atoms. The summed E-state index contributed by atoms with van der Waals surface area (Å²) in [5.74, 6) is -5.83. The van der Waals surface area contributed by atoms with Gasteiger partial charge in [-0.15, -0.1) is 0 Å². The molecule has 60 valence electrons. The van der Waals surface area contributed by atoms with Gasteiger partial charge in [0.2, 0.25) is 0 Å². The molecular weight excluding hydrogens is 146 g/mol. The number of aliphatic hydroxyl groups excluding tert-OH is 1. The highest BCUT2D eigenvalue weighted by molar-refractivity contribution is 5.75. The van der Waals surface area contributed by atoms with E-state index in [2.05, 4.69) is 0 Å². The molecule has 0 radical (unpaired) electrons. The van der Waals surface area contributed by atoms with E-state index in [0.717, 1.165) is 0 Å². The van der Waals surface area contributed by atoms with Crippen LogP contribution in [0.2, 0.25) is 0 Å². The van der Waals surface area contributed by atoms with E-state index in [1.807, 2.05) is 0 Å². The van der Waals surface area contributed by atoms with Crippen LogP contribution >= 0.6 is 0 Å². The van der Waals surface area contributed by atoms with Crippen LogP contribution in [-0.2, 0) is 4.79 Å². The molecule has 0 saturated carbocycles. The van der Waals surface area contributed by atoms with Gasteiger partial charge in [0, 0.05) is 13.0 Å². The van der Waals surface area contributed by atoms with Crippen LogP contribution in [0.25, 0.3) is 0 Å². The van der Waals surface area contributed by atoms with Crippen molar-refractivity contribution in [1.82, 2.24) is 0 Å². The number of rotatable bonds is 4. The Morgan fingerprint density at radius 3 is 2.30 bits per heavy atom. The monoisotopic (exact) mass is 154 g/mol. The normalized spacial score (nSPS) is 11.5. The average molecular weight is 154 g/mol. The molecule has 0 unspecified atom stereocenters. The van der Waals surface area contributed by atoms with Gasteiger partial charge in [-0.3, -0.25) is 0 Å². The summed E-state index contributed by atoms with van der Waals surface area (Å²) in [7, 11) is 0. The van der Waals surface area contributed by atoms with Crippen molar-refractivity contribution in [2.24, 2.45) is 0 Å². The van der Waals surface area contributed by atoms with Crippen LogP contribution in [0, 0.1) is 0 Å². The third kappa shape index (κ3) is 2.72. The van der Waals surface area contributed by atoms with Gasteiger partial charge in [-0.25, -0.2) is 4.79 Å². The largest absolute Gasteiger partial charge is 0.477 e. The molecule has 0 amide bonds. The van der Waals surface area contributed by atoms with Gasteiger partial charge in [-0.2, -0.15) is 8.78 Å². The zero-order chi connectivity index (χ0) is 8.20. The van der Waals surface area contributed by atoms with Gasteiger partial charge in [0.25, 0.3) is 0 Å². The molecule has 0 aromatic heterocycles. The first-order valence-electron chi connectivity index (χ1n) is 2.73. The van der Waals surface area contributed by atoms with Crippen LogP contribution in [0.5, 0.6) is 0 Å². The highest BCUT2D eigenvalue weighted by Crippen LogP contribution is 2.19. The van der Waals surface area contributed by atoms with E-state index in [4.69, 9.17) is 10.2 Å². The Bertz CT molecular complexity index is 124. The van der Waals surface area contributed by atoms with Crippen LogP contribution in [0.15, 0.2) is 0 Å². The number of aliphatic carboxylic acids is 1. The second-order valence-corrected chi connectivity index (χ2v) is 1.84. The lowest BCUT2D eigenvalue weighted by Gasteiger charge is -2.08. The van der Waals surface area contributed by atoms with E-state index >= 15 is 0 Å². The fourth-order valence-corrected chi connectivity index (χ4v) is 0.408. The van der Waals surface area contributed by atoms with Crippen molar-refractivity contribution in [1.29, 1.82) is 0 Å². The number of alkyl halides is 2. The first-order valence-corrected chi connectivity index (χ1v) is 2.73. The second-order valence-electron chi connectivity index (χ2n) is 1.84. The fraction of sp³-hybridized carbons (Fsp3) is 0.800. The molecule has 0 aromatic rings. The van der Waals surface area contributed by atoms with Crippen LogP contribution < -0.4 is 0 Å². The molecule has 0 aromatic carbocycles. The van der Waals surface area contributed by atoms with Crippen molar-refractivity contribution >= 4 is 5.97 Å². The molecule has 0 aliphatic heterocycles. The summed E-state index contributed by atoms with van der Waals surface area (Å²) in [4.78, 5) is 9.70. The standard InChI is InChI=1S/C5H8F2O3/c6-5(7,4(9)10)2-1-3-8/h8H,1-3H2,(H,9,10). The second kappa shape index (κ2) is 3.46. The van der Waals surface area contributed by atoms with Crippen LogP contribution in [0.1, 0.15) is 12.8 Å². The van der Waals surface area contributed by atoms with Crippen LogP contribution in [0.4, 0.5) is 8.78 Å². The molecule has 0 saturated heterocycles. The molecule has 0 fully saturated rings. The Morgan fingerprint density at radius 2 is 2.00 bits per heavy atom. The third-order valence-electron chi connectivity index (χ3n) is 0.962. The SMILES string of the molecule is O=C(O)C(F)(F)CCCO. The smallest absolute Gasteiger partial charge is 0.374 e. The Hall–Kier alpha value is -0.710. The van der Waals surface area contributed by atoms with Gasteiger partial charge in [-0.1, -0.05) is 0 Å². The van der Waals surface area contributed by atoms with Crippen molar-refractivity contribution in [3.05, 3.63) is 0 Å². The summed E-state index contributed by atoms with van der Waals surface area (Å²) in [6.45, 7) is -0.414. The highest BCUT2D eigenvalue weighted by atomic mass is 19.3. The van der Waals surface area contributed by atoms with Crippen molar-refractivity contribution < 1.29 is 23.8 Å². The minimum Gasteiger partial charge on any atom is -0.477 e. The Labute approximate surface area is 56.3 Å². The summed E-state index contributed by atoms with van der Waals surface area (Å²) in [6, 6.07) is 0. The topological polar surface area (TPSA) is 57.5 Å². The zero-order valence-corrected chi connectivity index (χ0v) is 5.18. The molecule has 5 heteroatoms. The molecule has 0 atom stereocenters. The number of carboxylic acid groups (broad SMARTS) is 1. The number of hydrogen-bond donors (Lipinski definition) is 2. The van der Waals surface area contributed by atoms with Crippen molar-refractivity contribution in [3.8, 4) is 0 Å². The van der Waals surface area contributed by atoms with Gasteiger partial charge in [0.1, 0.15) is 0 Å². The molecular formula is C5H8F2O3. The summed E-state index contributed by atoms with van der Waals surface area (Å²) >= 11 is 0. The third-order valence-corrected chi connectivity index (χ3v) is 0.962. The molecule has 0 heterocycles. The van der Waals surface area contributed by atoms with Crippen molar-refractivity contribution in [3.63, 3.8) is 0 Å². The Kier molecular flexibility index (Phi) is 3.21. The van der Waals surface area contributed by atoms with E-state index in [-0.39, 0.29) is 6.42 Å². The average Bonchev–Trinajstić information content (AvgIpc) is 1.84. The number of aliphatic hydroxyl groups is 1.